The third-order valence-electron chi connectivity index (χ3n) is 4.26. The summed E-state index contributed by atoms with van der Waals surface area (Å²) in [5.74, 6) is 0.564. The number of rotatable bonds is 8. The van der Waals surface area contributed by atoms with Gasteiger partial charge < -0.3 is 20.1 Å². The molecule has 0 spiro atoms. The first-order chi connectivity index (χ1) is 13.6. The van der Waals surface area contributed by atoms with Gasteiger partial charge in [0.2, 0.25) is 0 Å². The molecule has 1 heterocycles. The zero-order chi connectivity index (χ0) is 19.9. The Balaban J connectivity index is 1.73. The number of hydrogen-bond donors (Lipinski definition) is 3. The molecule has 0 saturated carbocycles. The number of amides is 1. The zero-order valence-electron chi connectivity index (χ0n) is 15.1. The highest BCUT2D eigenvalue weighted by molar-refractivity contribution is 6.38. The van der Waals surface area contributed by atoms with Crippen molar-refractivity contribution in [2.24, 2.45) is 0 Å². The molecule has 1 aromatic heterocycles. The predicted molar refractivity (Wildman–Crippen MR) is 110 cm³/mol. The Morgan fingerprint density at radius 3 is 2.75 bits per heavy atom. The molecule has 3 rings (SSSR count). The molecule has 0 fully saturated rings. The Morgan fingerprint density at radius 2 is 2.00 bits per heavy atom. The molecule has 8 heteroatoms. The van der Waals surface area contributed by atoms with Crippen molar-refractivity contribution in [1.29, 1.82) is 0 Å². The van der Waals surface area contributed by atoms with Gasteiger partial charge in [-0.05, 0) is 37.0 Å². The highest BCUT2D eigenvalue weighted by atomic mass is 35.5. The second-order valence-electron chi connectivity index (χ2n) is 6.38. The fraction of sp³-hybridized carbons (Fsp3) is 0.300. The number of nitrogens with one attached hydrogen (secondary N) is 2. The largest absolute Gasteiger partial charge is 0.445 e. The van der Waals surface area contributed by atoms with E-state index in [-0.39, 0.29) is 13.2 Å². The van der Waals surface area contributed by atoms with Crippen molar-refractivity contribution in [2.45, 2.75) is 31.9 Å². The van der Waals surface area contributed by atoms with E-state index in [9.17, 15) is 4.79 Å². The third-order valence-corrected chi connectivity index (χ3v) is 4.78. The number of ether oxygens (including phenoxy) is 1. The fourth-order valence-corrected chi connectivity index (χ4v) is 3.40. The number of aliphatic hydroxyl groups excluding tert-OH is 1. The number of H-pyrrole nitrogens is 1. The Labute approximate surface area is 172 Å². The number of unbranched alkanes of at least 4 members (excludes halogenated alkanes) is 1. The smallest absolute Gasteiger partial charge is 0.408 e. The SMILES string of the molecule is O=C(N[C@@H](CCCCO)c1nc2cc(Cl)cc(Cl)c2[nH]1)OCc1ccccc1. The Hall–Kier alpha value is -2.28. The van der Waals surface area contributed by atoms with Gasteiger partial charge in [0.1, 0.15) is 12.4 Å². The van der Waals surface area contributed by atoms with Gasteiger partial charge in [-0.25, -0.2) is 9.78 Å². The van der Waals surface area contributed by atoms with E-state index in [1.165, 1.54) is 0 Å². The van der Waals surface area contributed by atoms with E-state index in [0.29, 0.717) is 46.2 Å². The highest BCUT2D eigenvalue weighted by Crippen LogP contribution is 2.28. The Morgan fingerprint density at radius 1 is 1.21 bits per heavy atom. The van der Waals surface area contributed by atoms with Gasteiger partial charge in [-0.15, -0.1) is 0 Å². The minimum Gasteiger partial charge on any atom is -0.445 e. The molecule has 0 unspecified atom stereocenters. The molecule has 3 N–H and O–H groups in total. The highest BCUT2D eigenvalue weighted by Gasteiger charge is 2.20. The molecule has 6 nitrogen and oxygen atoms in total. The molecule has 0 radical (unpaired) electrons. The number of aliphatic hydroxyl groups is 1. The van der Waals surface area contributed by atoms with Crippen molar-refractivity contribution in [3.8, 4) is 0 Å². The number of benzene rings is 2. The van der Waals surface area contributed by atoms with Crippen LogP contribution in [0.4, 0.5) is 4.79 Å². The maximum Gasteiger partial charge on any atom is 0.408 e. The second-order valence-corrected chi connectivity index (χ2v) is 7.23. The number of hydrogen-bond acceptors (Lipinski definition) is 4. The zero-order valence-corrected chi connectivity index (χ0v) is 16.6. The fourth-order valence-electron chi connectivity index (χ4n) is 2.87. The van der Waals surface area contributed by atoms with Gasteiger partial charge in [0.15, 0.2) is 0 Å². The summed E-state index contributed by atoms with van der Waals surface area (Å²) in [6, 6.07) is 12.4. The summed E-state index contributed by atoms with van der Waals surface area (Å²) in [5, 5.41) is 12.8. The predicted octanol–water partition coefficient (Wildman–Crippen LogP) is 5.00. The molecule has 28 heavy (non-hydrogen) atoms. The normalized spacial score (nSPS) is 12.1. The number of fused-ring (bicyclic) bond motifs is 1. The van der Waals surface area contributed by atoms with E-state index in [1.54, 1.807) is 12.1 Å². The Bertz CT molecular complexity index is 931. The number of carbonyl (C=O) groups excluding carboxylic acids is 1. The number of nitrogens with zero attached hydrogens (tertiary/aromatic N) is 1. The van der Waals surface area contributed by atoms with Crippen LogP contribution >= 0.6 is 23.2 Å². The minimum absolute atomic E-state index is 0.0900. The molecule has 1 atom stereocenters. The standard InChI is InChI=1S/C20H21Cl2N3O3/c21-14-10-15(22)18-17(11-14)23-19(25-18)16(8-4-5-9-26)24-20(27)28-12-13-6-2-1-3-7-13/h1-3,6-7,10-11,16,26H,4-5,8-9,12H2,(H,23,25)(H,24,27)/t16-/m0/s1. The van der Waals surface area contributed by atoms with E-state index in [0.717, 1.165) is 5.56 Å². The lowest BCUT2D eigenvalue weighted by atomic mass is 10.1. The van der Waals surface area contributed by atoms with Crippen LogP contribution in [-0.4, -0.2) is 27.8 Å². The summed E-state index contributed by atoms with van der Waals surface area (Å²) in [6.45, 7) is 0.268. The van der Waals surface area contributed by atoms with E-state index in [1.807, 2.05) is 30.3 Å². The van der Waals surface area contributed by atoms with Crippen LogP contribution in [0.15, 0.2) is 42.5 Å². The summed E-state index contributed by atoms with van der Waals surface area (Å²) < 4.78 is 5.32. The molecule has 0 aliphatic carbocycles. The lowest BCUT2D eigenvalue weighted by Crippen LogP contribution is -2.30. The van der Waals surface area contributed by atoms with Gasteiger partial charge in [0, 0.05) is 11.6 Å². The van der Waals surface area contributed by atoms with Crippen LogP contribution in [0.3, 0.4) is 0 Å². The van der Waals surface area contributed by atoms with Crippen LogP contribution in [0.5, 0.6) is 0 Å². The van der Waals surface area contributed by atoms with Crippen LogP contribution < -0.4 is 5.32 Å². The molecule has 3 aromatic rings. The van der Waals surface area contributed by atoms with Crippen molar-refractivity contribution in [3.63, 3.8) is 0 Å². The van der Waals surface area contributed by atoms with Crippen molar-refractivity contribution in [3.05, 3.63) is 63.9 Å². The van der Waals surface area contributed by atoms with Gasteiger partial charge in [-0.1, -0.05) is 53.5 Å². The summed E-state index contributed by atoms with van der Waals surface area (Å²) in [4.78, 5) is 20.0. The van der Waals surface area contributed by atoms with Crippen molar-refractivity contribution in [1.82, 2.24) is 15.3 Å². The van der Waals surface area contributed by atoms with Crippen LogP contribution in [0.1, 0.15) is 36.7 Å². The van der Waals surface area contributed by atoms with Gasteiger partial charge in [0.25, 0.3) is 0 Å². The van der Waals surface area contributed by atoms with Crippen LogP contribution in [0, 0.1) is 0 Å². The van der Waals surface area contributed by atoms with E-state index >= 15 is 0 Å². The lowest BCUT2D eigenvalue weighted by molar-refractivity contribution is 0.134. The number of aromatic amines is 1. The van der Waals surface area contributed by atoms with Gasteiger partial charge in [-0.3, -0.25) is 0 Å². The molecule has 2 aromatic carbocycles. The molecule has 148 valence electrons. The first-order valence-electron chi connectivity index (χ1n) is 8.99. The average molecular weight is 422 g/mol. The molecule has 0 saturated heterocycles. The maximum atomic E-state index is 12.3. The molecule has 0 aliphatic rings. The monoisotopic (exact) mass is 421 g/mol. The van der Waals surface area contributed by atoms with Crippen molar-refractivity contribution >= 4 is 40.3 Å². The van der Waals surface area contributed by atoms with Gasteiger partial charge in [-0.2, -0.15) is 0 Å². The third kappa shape index (κ3) is 5.38. The first kappa shape index (κ1) is 20.5. The molecular weight excluding hydrogens is 401 g/mol. The summed E-state index contributed by atoms with van der Waals surface area (Å²) >= 11 is 12.3. The number of carbonyl (C=O) groups is 1. The lowest BCUT2D eigenvalue weighted by Gasteiger charge is -2.16. The van der Waals surface area contributed by atoms with E-state index < -0.39 is 12.1 Å². The van der Waals surface area contributed by atoms with Crippen molar-refractivity contribution in [2.75, 3.05) is 6.61 Å². The van der Waals surface area contributed by atoms with Crippen LogP contribution in [-0.2, 0) is 11.3 Å². The van der Waals surface area contributed by atoms with E-state index in [2.05, 4.69) is 15.3 Å². The second kappa shape index (κ2) is 9.78. The van der Waals surface area contributed by atoms with E-state index in [4.69, 9.17) is 33.0 Å². The van der Waals surface area contributed by atoms with Crippen LogP contribution in [0.25, 0.3) is 11.0 Å². The van der Waals surface area contributed by atoms with Crippen LogP contribution in [0.2, 0.25) is 10.0 Å². The maximum absolute atomic E-state index is 12.3. The number of halogens is 2. The topological polar surface area (TPSA) is 87.2 Å². The molecule has 0 bridgehead atoms. The first-order valence-corrected chi connectivity index (χ1v) is 9.75. The number of aromatic nitrogens is 2. The molecular formula is C20H21Cl2N3O3. The van der Waals surface area contributed by atoms with Crippen molar-refractivity contribution < 1.29 is 14.6 Å². The Kier molecular flexibility index (Phi) is 7.14. The summed E-state index contributed by atoms with van der Waals surface area (Å²) in [6.07, 6.45) is 1.39. The molecule has 1 amide bonds. The molecule has 0 aliphatic heterocycles. The summed E-state index contributed by atoms with van der Waals surface area (Å²) in [5.41, 5.74) is 2.19. The average Bonchev–Trinajstić information content (AvgIpc) is 3.11. The summed E-state index contributed by atoms with van der Waals surface area (Å²) in [7, 11) is 0. The number of alkyl carbamates (subject to hydrolysis) is 1. The van der Waals surface area contributed by atoms with Gasteiger partial charge >= 0.3 is 6.09 Å². The number of imidazole rings is 1. The quantitative estimate of drug-likeness (QED) is 0.446. The minimum atomic E-state index is -0.539. The van der Waals surface area contributed by atoms with Gasteiger partial charge in [0.05, 0.1) is 22.1 Å².